The van der Waals surface area contributed by atoms with E-state index in [1.54, 1.807) is 18.3 Å². The van der Waals surface area contributed by atoms with Crippen LogP contribution in [0.2, 0.25) is 0 Å². The van der Waals surface area contributed by atoms with Crippen molar-refractivity contribution in [2.24, 2.45) is 0 Å². The Morgan fingerprint density at radius 1 is 1.30 bits per heavy atom. The minimum absolute atomic E-state index is 0.102. The normalized spacial score (nSPS) is 10.2. The molecule has 0 fully saturated rings. The van der Waals surface area contributed by atoms with Gasteiger partial charge in [0.1, 0.15) is 16.9 Å². The molecule has 0 radical (unpaired) electrons. The Morgan fingerprint density at radius 2 is 2.09 bits per heavy atom. The lowest BCUT2D eigenvalue weighted by atomic mass is 10.1. The van der Waals surface area contributed by atoms with Gasteiger partial charge in [-0.15, -0.1) is 11.8 Å². The SMILES string of the molecule is Cc1nc(SCCC(=O)Nc2ccccn2)c(C#N)c(C)c1C. The van der Waals surface area contributed by atoms with E-state index >= 15 is 0 Å². The van der Waals surface area contributed by atoms with E-state index in [-0.39, 0.29) is 5.91 Å². The maximum atomic E-state index is 11.9. The highest BCUT2D eigenvalue weighted by atomic mass is 32.2. The van der Waals surface area contributed by atoms with Crippen LogP contribution in [0, 0.1) is 32.1 Å². The number of nitrogens with one attached hydrogen (secondary N) is 1. The van der Waals surface area contributed by atoms with Crippen molar-refractivity contribution in [2.75, 3.05) is 11.1 Å². The van der Waals surface area contributed by atoms with Crippen molar-refractivity contribution >= 4 is 23.5 Å². The van der Waals surface area contributed by atoms with Crippen LogP contribution in [-0.4, -0.2) is 21.6 Å². The van der Waals surface area contributed by atoms with E-state index < -0.39 is 0 Å². The Bertz CT molecular complexity index is 753. The molecule has 0 unspecified atom stereocenters. The van der Waals surface area contributed by atoms with E-state index in [4.69, 9.17) is 0 Å². The van der Waals surface area contributed by atoms with Crippen LogP contribution in [0.1, 0.15) is 28.8 Å². The third-order valence-electron chi connectivity index (χ3n) is 3.58. The highest BCUT2D eigenvalue weighted by Crippen LogP contribution is 2.26. The molecule has 0 atom stereocenters. The fourth-order valence-corrected chi connectivity index (χ4v) is 3.06. The third-order valence-corrected chi connectivity index (χ3v) is 4.55. The van der Waals surface area contributed by atoms with Gasteiger partial charge in [-0.1, -0.05) is 6.07 Å². The predicted octanol–water partition coefficient (Wildman–Crippen LogP) is 3.39. The van der Waals surface area contributed by atoms with Crippen molar-refractivity contribution in [3.63, 3.8) is 0 Å². The van der Waals surface area contributed by atoms with Gasteiger partial charge in [-0.05, 0) is 44.0 Å². The molecule has 2 aromatic rings. The number of pyridine rings is 2. The van der Waals surface area contributed by atoms with E-state index in [1.807, 2.05) is 26.8 Å². The number of hydrogen-bond acceptors (Lipinski definition) is 5. The lowest BCUT2D eigenvalue weighted by Crippen LogP contribution is -2.13. The van der Waals surface area contributed by atoms with Crippen molar-refractivity contribution in [1.29, 1.82) is 5.26 Å². The molecule has 1 N–H and O–H groups in total. The van der Waals surface area contributed by atoms with Gasteiger partial charge in [0, 0.05) is 24.1 Å². The quantitative estimate of drug-likeness (QED) is 0.852. The number of carbonyl (C=O) groups excluding carboxylic acids is 1. The number of anilines is 1. The van der Waals surface area contributed by atoms with Crippen LogP contribution >= 0.6 is 11.8 Å². The van der Waals surface area contributed by atoms with Crippen molar-refractivity contribution in [2.45, 2.75) is 32.2 Å². The predicted molar refractivity (Wildman–Crippen MR) is 91.4 cm³/mol. The Kier molecular flexibility index (Phi) is 5.72. The molecule has 118 valence electrons. The largest absolute Gasteiger partial charge is 0.311 e. The molecule has 0 saturated heterocycles. The lowest BCUT2D eigenvalue weighted by molar-refractivity contribution is -0.115. The first-order valence-corrected chi connectivity index (χ1v) is 8.23. The van der Waals surface area contributed by atoms with E-state index in [9.17, 15) is 10.1 Å². The van der Waals surface area contributed by atoms with Crippen LogP contribution in [0.3, 0.4) is 0 Å². The zero-order valence-corrected chi connectivity index (χ0v) is 14.2. The molecule has 0 aliphatic heterocycles. The standard InChI is InChI=1S/C17H18N4OS/c1-11-12(2)14(10-18)17(20-13(11)3)23-9-7-16(22)21-15-6-4-5-8-19-15/h4-6,8H,7,9H2,1-3H3,(H,19,21,22). The molecule has 0 aliphatic rings. The molecule has 0 aliphatic carbocycles. The molecule has 0 bridgehead atoms. The Morgan fingerprint density at radius 3 is 2.74 bits per heavy atom. The summed E-state index contributed by atoms with van der Waals surface area (Å²) in [4.78, 5) is 20.4. The van der Waals surface area contributed by atoms with Crippen LogP contribution in [0.5, 0.6) is 0 Å². The number of hydrogen-bond donors (Lipinski definition) is 1. The summed E-state index contributed by atoms with van der Waals surface area (Å²) < 4.78 is 0. The molecular formula is C17H18N4OS. The number of thioether (sulfide) groups is 1. The molecule has 2 heterocycles. The van der Waals surface area contributed by atoms with Gasteiger partial charge >= 0.3 is 0 Å². The fourth-order valence-electron chi connectivity index (χ4n) is 2.03. The van der Waals surface area contributed by atoms with Crippen molar-refractivity contribution in [3.8, 4) is 6.07 Å². The number of carbonyl (C=O) groups is 1. The summed E-state index contributed by atoms with van der Waals surface area (Å²) in [5.74, 6) is 0.998. The summed E-state index contributed by atoms with van der Waals surface area (Å²) in [7, 11) is 0. The molecule has 2 rings (SSSR count). The molecular weight excluding hydrogens is 308 g/mol. The lowest BCUT2D eigenvalue weighted by Gasteiger charge is -2.11. The van der Waals surface area contributed by atoms with E-state index in [2.05, 4.69) is 21.4 Å². The fraction of sp³-hybridized carbons (Fsp3) is 0.294. The third kappa shape index (κ3) is 4.30. The zero-order chi connectivity index (χ0) is 16.8. The molecule has 0 aromatic carbocycles. The van der Waals surface area contributed by atoms with E-state index in [0.29, 0.717) is 28.6 Å². The van der Waals surface area contributed by atoms with Crippen LogP contribution in [0.15, 0.2) is 29.4 Å². The summed E-state index contributed by atoms with van der Waals surface area (Å²) in [5, 5.41) is 12.8. The maximum absolute atomic E-state index is 11.9. The number of nitrogens with zero attached hydrogens (tertiary/aromatic N) is 3. The average molecular weight is 326 g/mol. The van der Waals surface area contributed by atoms with Gasteiger partial charge in [-0.3, -0.25) is 4.79 Å². The first-order chi connectivity index (χ1) is 11.0. The van der Waals surface area contributed by atoms with Crippen molar-refractivity contribution in [1.82, 2.24) is 9.97 Å². The summed E-state index contributed by atoms with van der Waals surface area (Å²) >= 11 is 1.43. The first kappa shape index (κ1) is 17.0. The van der Waals surface area contributed by atoms with Crippen LogP contribution in [0.4, 0.5) is 5.82 Å². The summed E-state index contributed by atoms with van der Waals surface area (Å²) in [6, 6.07) is 7.57. The van der Waals surface area contributed by atoms with Gasteiger partial charge < -0.3 is 5.32 Å². The first-order valence-electron chi connectivity index (χ1n) is 7.24. The highest BCUT2D eigenvalue weighted by Gasteiger charge is 2.13. The molecule has 5 nitrogen and oxygen atoms in total. The van der Waals surface area contributed by atoms with E-state index in [1.165, 1.54) is 11.8 Å². The topological polar surface area (TPSA) is 78.7 Å². The van der Waals surface area contributed by atoms with Crippen LogP contribution < -0.4 is 5.32 Å². The smallest absolute Gasteiger partial charge is 0.226 e. The zero-order valence-electron chi connectivity index (χ0n) is 13.4. The number of aryl methyl sites for hydroxylation is 1. The number of amides is 1. The Balaban J connectivity index is 1.97. The molecule has 1 amide bonds. The van der Waals surface area contributed by atoms with Gasteiger partial charge in [0.05, 0.1) is 5.56 Å². The molecule has 2 aromatic heterocycles. The minimum Gasteiger partial charge on any atom is -0.311 e. The van der Waals surface area contributed by atoms with Gasteiger partial charge in [0.2, 0.25) is 5.91 Å². The number of aromatic nitrogens is 2. The summed E-state index contributed by atoms with van der Waals surface area (Å²) in [6.45, 7) is 5.83. The maximum Gasteiger partial charge on any atom is 0.226 e. The molecule has 0 saturated carbocycles. The monoisotopic (exact) mass is 326 g/mol. The van der Waals surface area contributed by atoms with E-state index in [0.717, 1.165) is 16.8 Å². The van der Waals surface area contributed by atoms with Crippen molar-refractivity contribution in [3.05, 3.63) is 46.8 Å². The molecule has 6 heteroatoms. The summed E-state index contributed by atoms with van der Waals surface area (Å²) in [5.41, 5.74) is 3.52. The second-order valence-corrected chi connectivity index (χ2v) is 6.18. The van der Waals surface area contributed by atoms with Crippen molar-refractivity contribution < 1.29 is 4.79 Å². The summed E-state index contributed by atoms with van der Waals surface area (Å²) in [6.07, 6.45) is 1.96. The van der Waals surface area contributed by atoms with Gasteiger partial charge in [-0.25, -0.2) is 9.97 Å². The second-order valence-electron chi connectivity index (χ2n) is 5.10. The Hall–Kier alpha value is -2.39. The van der Waals surface area contributed by atoms with Crippen LogP contribution in [-0.2, 0) is 4.79 Å². The Labute approximate surface area is 140 Å². The highest BCUT2D eigenvalue weighted by molar-refractivity contribution is 7.99. The van der Waals surface area contributed by atoms with Gasteiger partial charge in [0.15, 0.2) is 0 Å². The molecule has 0 spiro atoms. The molecule has 23 heavy (non-hydrogen) atoms. The average Bonchev–Trinajstić information content (AvgIpc) is 2.54. The van der Waals surface area contributed by atoms with Gasteiger partial charge in [-0.2, -0.15) is 5.26 Å². The number of rotatable bonds is 5. The van der Waals surface area contributed by atoms with Crippen LogP contribution in [0.25, 0.3) is 0 Å². The minimum atomic E-state index is -0.102. The number of nitriles is 1. The second kappa shape index (κ2) is 7.75. The van der Waals surface area contributed by atoms with Gasteiger partial charge in [0.25, 0.3) is 0 Å².